The SMILES string of the molecule is CN(C(=O)OC(C)(C)C)C1CCN(Cc2ccc(-n3c(-c4cccnc4N)nc4ccc(N5CCOCC5)nc43)cc2)CC1. The van der Waals surface area contributed by atoms with Gasteiger partial charge in [0, 0.05) is 57.7 Å². The van der Waals surface area contributed by atoms with Gasteiger partial charge in [0.15, 0.2) is 11.5 Å². The average Bonchev–Trinajstić information content (AvgIpc) is 3.40. The normalized spacial score (nSPS) is 16.8. The molecule has 0 saturated carbocycles. The van der Waals surface area contributed by atoms with Crippen LogP contribution in [-0.2, 0) is 16.0 Å². The Morgan fingerprint density at radius 1 is 1.02 bits per heavy atom. The third-order valence-corrected chi connectivity index (χ3v) is 8.29. The first-order chi connectivity index (χ1) is 21.2. The first kappa shape index (κ1) is 29.8. The zero-order valence-corrected chi connectivity index (χ0v) is 26.1. The standard InChI is InChI=1S/C33H42N8O3/c1-33(2,3)44-32(42)38(4)24-13-16-39(17-14-24)22-23-7-9-25(10-8-23)41-30(26-6-5-15-35-29(26)34)36-27-11-12-28(37-31(27)41)40-18-20-43-21-19-40/h5-12,15,24H,13-14,16-22H2,1-4H3,(H2,34,35). The van der Waals surface area contributed by atoms with E-state index in [4.69, 9.17) is 25.2 Å². The highest BCUT2D eigenvalue weighted by Gasteiger charge is 2.28. The van der Waals surface area contributed by atoms with Crippen LogP contribution in [0.5, 0.6) is 0 Å². The predicted molar refractivity (Wildman–Crippen MR) is 172 cm³/mol. The number of piperidine rings is 1. The number of hydrogen-bond donors (Lipinski definition) is 1. The minimum atomic E-state index is -0.492. The third kappa shape index (κ3) is 6.48. The number of fused-ring (bicyclic) bond motifs is 1. The first-order valence-corrected chi connectivity index (χ1v) is 15.4. The van der Waals surface area contributed by atoms with E-state index in [1.165, 1.54) is 5.56 Å². The van der Waals surface area contributed by atoms with E-state index in [0.29, 0.717) is 24.9 Å². The van der Waals surface area contributed by atoms with Gasteiger partial charge in [0.25, 0.3) is 0 Å². The third-order valence-electron chi connectivity index (χ3n) is 8.29. The summed E-state index contributed by atoms with van der Waals surface area (Å²) in [4.78, 5) is 33.4. The van der Waals surface area contributed by atoms with Crippen molar-refractivity contribution in [1.82, 2.24) is 29.3 Å². The number of imidazole rings is 1. The van der Waals surface area contributed by atoms with E-state index in [-0.39, 0.29) is 12.1 Å². The quantitative estimate of drug-likeness (QED) is 0.336. The van der Waals surface area contributed by atoms with Crippen molar-refractivity contribution < 1.29 is 14.3 Å². The molecule has 0 bridgehead atoms. The summed E-state index contributed by atoms with van der Waals surface area (Å²) in [6.07, 6.45) is 3.27. The molecule has 1 aromatic carbocycles. The van der Waals surface area contributed by atoms with Crippen molar-refractivity contribution in [2.45, 2.75) is 51.8 Å². The number of likely N-dealkylation sites (tertiary alicyclic amines) is 1. The molecule has 11 nitrogen and oxygen atoms in total. The Morgan fingerprint density at radius 3 is 2.43 bits per heavy atom. The minimum Gasteiger partial charge on any atom is -0.444 e. The van der Waals surface area contributed by atoms with Gasteiger partial charge in [-0.1, -0.05) is 12.1 Å². The number of morpholine rings is 1. The Balaban J connectivity index is 1.22. The van der Waals surface area contributed by atoms with Gasteiger partial charge in [-0.3, -0.25) is 9.47 Å². The van der Waals surface area contributed by atoms with Gasteiger partial charge >= 0.3 is 6.09 Å². The highest BCUT2D eigenvalue weighted by Crippen LogP contribution is 2.32. The van der Waals surface area contributed by atoms with Crippen LogP contribution in [0.15, 0.2) is 54.7 Å². The van der Waals surface area contributed by atoms with Gasteiger partial charge in [-0.05, 0) is 75.6 Å². The Labute approximate surface area is 258 Å². The molecule has 3 aromatic heterocycles. The number of nitrogen functional groups attached to an aromatic ring is 1. The molecule has 2 N–H and O–H groups in total. The summed E-state index contributed by atoms with van der Waals surface area (Å²) >= 11 is 0. The molecule has 4 aromatic rings. The van der Waals surface area contributed by atoms with Crippen molar-refractivity contribution in [3.05, 3.63) is 60.3 Å². The Hall–Kier alpha value is -4.22. The maximum atomic E-state index is 12.5. The van der Waals surface area contributed by atoms with Gasteiger partial charge in [-0.2, -0.15) is 0 Å². The molecule has 2 aliphatic heterocycles. The lowest BCUT2D eigenvalue weighted by Gasteiger charge is -2.37. The first-order valence-electron chi connectivity index (χ1n) is 15.4. The summed E-state index contributed by atoms with van der Waals surface area (Å²) in [7, 11) is 1.85. The average molecular weight is 599 g/mol. The molecule has 44 heavy (non-hydrogen) atoms. The van der Waals surface area contributed by atoms with Crippen molar-refractivity contribution >= 4 is 28.9 Å². The van der Waals surface area contributed by atoms with Crippen LogP contribution in [0.25, 0.3) is 28.2 Å². The predicted octanol–water partition coefficient (Wildman–Crippen LogP) is 4.73. The molecular weight excluding hydrogens is 556 g/mol. The van der Waals surface area contributed by atoms with Gasteiger partial charge < -0.3 is 25.0 Å². The zero-order valence-electron chi connectivity index (χ0n) is 26.1. The van der Waals surface area contributed by atoms with E-state index in [2.05, 4.69) is 43.6 Å². The van der Waals surface area contributed by atoms with Crippen molar-refractivity contribution in [3.63, 3.8) is 0 Å². The molecule has 0 atom stereocenters. The molecule has 0 aliphatic carbocycles. The zero-order chi connectivity index (χ0) is 30.8. The Morgan fingerprint density at radius 2 is 1.75 bits per heavy atom. The van der Waals surface area contributed by atoms with Crippen LogP contribution in [0, 0.1) is 0 Å². The van der Waals surface area contributed by atoms with Gasteiger partial charge in [0.2, 0.25) is 0 Å². The highest BCUT2D eigenvalue weighted by atomic mass is 16.6. The van der Waals surface area contributed by atoms with Crippen molar-refractivity contribution in [3.8, 4) is 17.1 Å². The molecule has 232 valence electrons. The van der Waals surface area contributed by atoms with Crippen molar-refractivity contribution in [2.24, 2.45) is 0 Å². The summed E-state index contributed by atoms with van der Waals surface area (Å²) in [5, 5.41) is 0. The molecule has 0 radical (unpaired) electrons. The van der Waals surface area contributed by atoms with Crippen molar-refractivity contribution in [2.75, 3.05) is 57.1 Å². The number of ether oxygens (including phenoxy) is 2. The molecule has 6 rings (SSSR count). The van der Waals surface area contributed by atoms with Crippen LogP contribution in [0.2, 0.25) is 0 Å². The van der Waals surface area contributed by atoms with Crippen LogP contribution in [0.4, 0.5) is 16.4 Å². The van der Waals surface area contributed by atoms with Crippen LogP contribution in [0.1, 0.15) is 39.2 Å². The van der Waals surface area contributed by atoms with E-state index in [1.807, 2.05) is 52.1 Å². The van der Waals surface area contributed by atoms with E-state index in [1.54, 1.807) is 11.1 Å². The maximum absolute atomic E-state index is 12.5. The molecule has 2 saturated heterocycles. The fraction of sp³-hybridized carbons (Fsp3) is 0.455. The molecular formula is C33H42N8O3. The number of amides is 1. The number of hydrogen-bond acceptors (Lipinski definition) is 9. The summed E-state index contributed by atoms with van der Waals surface area (Å²) in [5.41, 5.74) is 10.4. The number of nitrogens with two attached hydrogens (primary N) is 1. The van der Waals surface area contributed by atoms with E-state index >= 15 is 0 Å². The van der Waals surface area contributed by atoms with E-state index in [9.17, 15) is 4.79 Å². The number of anilines is 2. The summed E-state index contributed by atoms with van der Waals surface area (Å²) < 4.78 is 13.2. The van der Waals surface area contributed by atoms with Crippen LogP contribution in [0.3, 0.4) is 0 Å². The topological polar surface area (TPSA) is 115 Å². The van der Waals surface area contributed by atoms with Gasteiger partial charge in [0.1, 0.15) is 22.8 Å². The number of rotatable bonds is 6. The molecule has 1 amide bonds. The van der Waals surface area contributed by atoms with Gasteiger partial charge in [0.05, 0.1) is 18.8 Å². The Bertz CT molecular complexity index is 1600. The lowest BCUT2D eigenvalue weighted by molar-refractivity contribution is 0.0149. The molecule has 11 heteroatoms. The van der Waals surface area contributed by atoms with Crippen LogP contribution >= 0.6 is 0 Å². The number of carbonyl (C=O) groups is 1. The fourth-order valence-electron chi connectivity index (χ4n) is 5.90. The minimum absolute atomic E-state index is 0.186. The summed E-state index contributed by atoms with van der Waals surface area (Å²) in [6.45, 7) is 11.4. The monoisotopic (exact) mass is 598 g/mol. The molecule has 2 aliphatic rings. The van der Waals surface area contributed by atoms with Crippen LogP contribution < -0.4 is 10.6 Å². The maximum Gasteiger partial charge on any atom is 0.410 e. The fourth-order valence-corrected chi connectivity index (χ4v) is 5.90. The number of aromatic nitrogens is 4. The number of nitrogens with zero attached hydrogens (tertiary/aromatic N) is 7. The summed E-state index contributed by atoms with van der Waals surface area (Å²) in [5.74, 6) is 2.04. The molecule has 5 heterocycles. The lowest BCUT2D eigenvalue weighted by atomic mass is 10.0. The molecule has 0 unspecified atom stereocenters. The highest BCUT2D eigenvalue weighted by molar-refractivity contribution is 5.84. The van der Waals surface area contributed by atoms with E-state index < -0.39 is 5.60 Å². The van der Waals surface area contributed by atoms with Crippen molar-refractivity contribution in [1.29, 1.82) is 0 Å². The smallest absolute Gasteiger partial charge is 0.410 e. The van der Waals surface area contributed by atoms with Gasteiger partial charge in [-0.15, -0.1) is 0 Å². The number of benzene rings is 1. The number of pyridine rings is 2. The second-order valence-electron chi connectivity index (χ2n) is 12.6. The Kier molecular flexibility index (Phi) is 8.42. The van der Waals surface area contributed by atoms with Gasteiger partial charge in [-0.25, -0.2) is 19.7 Å². The lowest BCUT2D eigenvalue weighted by Crippen LogP contribution is -2.46. The largest absolute Gasteiger partial charge is 0.444 e. The van der Waals surface area contributed by atoms with Crippen LogP contribution in [-0.4, -0.2) is 93.5 Å². The molecule has 2 fully saturated rings. The molecule has 0 spiro atoms. The second-order valence-corrected chi connectivity index (χ2v) is 12.6. The summed E-state index contributed by atoms with van der Waals surface area (Å²) in [6, 6.07) is 16.6. The van der Waals surface area contributed by atoms with E-state index in [0.717, 1.165) is 73.8 Å². The number of carbonyl (C=O) groups excluding carboxylic acids is 1. The second kappa shape index (κ2) is 12.4.